The molecule has 0 atom stereocenters. The molecule has 1 heterocycles. The van der Waals surface area contributed by atoms with Crippen molar-refractivity contribution >= 4 is 6.09 Å². The van der Waals surface area contributed by atoms with Gasteiger partial charge >= 0.3 is 6.09 Å². The summed E-state index contributed by atoms with van der Waals surface area (Å²) in [5.41, 5.74) is 0.443. The molecule has 0 aliphatic heterocycles. The highest BCUT2D eigenvalue weighted by Crippen LogP contribution is 2.14. The maximum absolute atomic E-state index is 13.2. The number of carboxylic acid groups (broad SMARTS) is 1. The molecule has 5 nitrogen and oxygen atoms in total. The number of aromatic nitrogens is 1. The maximum Gasteiger partial charge on any atom is 0.404 e. The van der Waals surface area contributed by atoms with E-state index >= 15 is 0 Å². The van der Waals surface area contributed by atoms with E-state index < -0.39 is 11.9 Å². The van der Waals surface area contributed by atoms with Crippen molar-refractivity contribution in [2.75, 3.05) is 6.61 Å². The van der Waals surface area contributed by atoms with Crippen molar-refractivity contribution in [3.8, 4) is 5.88 Å². The van der Waals surface area contributed by atoms with Gasteiger partial charge in [0.1, 0.15) is 0 Å². The molecular weight excluding hydrogens is 203 g/mol. The van der Waals surface area contributed by atoms with Gasteiger partial charge in [-0.05, 0) is 18.6 Å². The van der Waals surface area contributed by atoms with Crippen molar-refractivity contribution in [2.45, 2.75) is 13.5 Å². The van der Waals surface area contributed by atoms with E-state index in [0.29, 0.717) is 12.2 Å². The summed E-state index contributed by atoms with van der Waals surface area (Å²) in [4.78, 5) is 13.9. The zero-order chi connectivity index (χ0) is 11.3. The number of halogens is 1. The Labute approximate surface area is 85.9 Å². The molecule has 1 aromatic heterocycles. The van der Waals surface area contributed by atoms with E-state index in [4.69, 9.17) is 9.84 Å². The summed E-state index contributed by atoms with van der Waals surface area (Å²) in [5.74, 6) is -0.668. The van der Waals surface area contributed by atoms with Gasteiger partial charge in [-0.3, -0.25) is 0 Å². The Bertz CT molecular complexity index is 357. The van der Waals surface area contributed by atoms with Gasteiger partial charge in [0.05, 0.1) is 6.61 Å². The lowest BCUT2D eigenvalue weighted by Crippen LogP contribution is -2.20. The van der Waals surface area contributed by atoms with Crippen LogP contribution in [0, 0.1) is 5.82 Å². The lowest BCUT2D eigenvalue weighted by atomic mass is 10.3. The van der Waals surface area contributed by atoms with Gasteiger partial charge in [0.2, 0.25) is 5.88 Å². The molecule has 0 radical (unpaired) electrons. The molecule has 1 rings (SSSR count). The van der Waals surface area contributed by atoms with Gasteiger partial charge in [0, 0.05) is 12.7 Å². The summed E-state index contributed by atoms with van der Waals surface area (Å²) >= 11 is 0. The molecule has 6 heteroatoms. The van der Waals surface area contributed by atoms with Crippen molar-refractivity contribution in [3.05, 3.63) is 23.6 Å². The second kappa shape index (κ2) is 5.14. The topological polar surface area (TPSA) is 71.5 Å². The van der Waals surface area contributed by atoms with Gasteiger partial charge in [0.15, 0.2) is 5.82 Å². The summed E-state index contributed by atoms with van der Waals surface area (Å²) in [5, 5.41) is 10.4. The van der Waals surface area contributed by atoms with Crippen LogP contribution in [0.25, 0.3) is 0 Å². The summed E-state index contributed by atoms with van der Waals surface area (Å²) < 4.78 is 18.1. The molecule has 0 aliphatic carbocycles. The largest absolute Gasteiger partial charge is 0.476 e. The van der Waals surface area contributed by atoms with Crippen molar-refractivity contribution in [1.29, 1.82) is 0 Å². The molecule has 15 heavy (non-hydrogen) atoms. The molecule has 2 N–H and O–H groups in total. The Kier molecular flexibility index (Phi) is 3.84. The quantitative estimate of drug-likeness (QED) is 0.794. The van der Waals surface area contributed by atoms with E-state index in [1.165, 1.54) is 12.3 Å². The molecule has 82 valence electrons. The Hall–Kier alpha value is -1.85. The lowest BCUT2D eigenvalue weighted by Gasteiger charge is -2.05. The first kappa shape index (κ1) is 11.2. The van der Waals surface area contributed by atoms with Crippen LogP contribution >= 0.6 is 0 Å². The second-order valence-corrected chi connectivity index (χ2v) is 2.72. The van der Waals surface area contributed by atoms with Crippen LogP contribution in [-0.4, -0.2) is 22.8 Å². The zero-order valence-electron chi connectivity index (χ0n) is 8.16. The predicted molar refractivity (Wildman–Crippen MR) is 50.2 cm³/mol. The van der Waals surface area contributed by atoms with E-state index in [1.807, 2.05) is 0 Å². The van der Waals surface area contributed by atoms with E-state index in [-0.39, 0.29) is 12.4 Å². The van der Waals surface area contributed by atoms with Gasteiger partial charge in [-0.2, -0.15) is 0 Å². The number of pyridine rings is 1. The van der Waals surface area contributed by atoms with Crippen LogP contribution in [-0.2, 0) is 6.54 Å². The van der Waals surface area contributed by atoms with E-state index in [9.17, 15) is 9.18 Å². The molecule has 0 spiro atoms. The summed E-state index contributed by atoms with van der Waals surface area (Å²) in [6.07, 6.45) is 0.202. The average molecular weight is 214 g/mol. The van der Waals surface area contributed by atoms with Gasteiger partial charge in [0.25, 0.3) is 0 Å². The molecular formula is C9H11FN2O3. The highest BCUT2D eigenvalue weighted by molar-refractivity contribution is 5.64. The number of rotatable bonds is 4. The standard InChI is InChI=1S/C9H11FN2O3/c1-2-15-8-7(10)3-6(4-11-8)5-12-9(13)14/h3-4,12H,2,5H2,1H3,(H,13,14). The Morgan fingerprint density at radius 3 is 3.00 bits per heavy atom. The Balaban J connectivity index is 2.68. The molecule has 0 fully saturated rings. The molecule has 0 aromatic carbocycles. The number of hydrogen-bond donors (Lipinski definition) is 2. The van der Waals surface area contributed by atoms with Crippen LogP contribution in [0.15, 0.2) is 12.3 Å². The summed E-state index contributed by atoms with van der Waals surface area (Å²) in [6.45, 7) is 2.07. The fourth-order valence-corrected chi connectivity index (χ4v) is 0.982. The van der Waals surface area contributed by atoms with Gasteiger partial charge in [-0.25, -0.2) is 14.2 Å². The minimum Gasteiger partial charge on any atom is -0.476 e. The Morgan fingerprint density at radius 1 is 1.73 bits per heavy atom. The number of nitrogens with zero attached hydrogens (tertiary/aromatic N) is 1. The van der Waals surface area contributed by atoms with E-state index in [1.54, 1.807) is 6.92 Å². The first-order valence-electron chi connectivity index (χ1n) is 4.37. The minimum absolute atomic E-state index is 0.0195. The zero-order valence-corrected chi connectivity index (χ0v) is 8.16. The second-order valence-electron chi connectivity index (χ2n) is 2.72. The SMILES string of the molecule is CCOc1ncc(CNC(=O)O)cc1F. The average Bonchev–Trinajstić information content (AvgIpc) is 2.19. The van der Waals surface area contributed by atoms with Crippen LogP contribution in [0.5, 0.6) is 5.88 Å². The third kappa shape index (κ3) is 3.41. The first-order chi connectivity index (χ1) is 7.13. The fraction of sp³-hybridized carbons (Fsp3) is 0.333. The van der Waals surface area contributed by atoms with Gasteiger partial charge < -0.3 is 15.2 Å². The van der Waals surface area contributed by atoms with Gasteiger partial charge in [-0.1, -0.05) is 0 Å². The molecule has 1 aromatic rings. The Morgan fingerprint density at radius 2 is 2.47 bits per heavy atom. The number of hydrogen-bond acceptors (Lipinski definition) is 3. The van der Waals surface area contributed by atoms with Crippen molar-refractivity contribution in [3.63, 3.8) is 0 Å². The minimum atomic E-state index is -1.16. The number of amides is 1. The van der Waals surface area contributed by atoms with Crippen LogP contribution in [0.2, 0.25) is 0 Å². The predicted octanol–water partition coefficient (Wildman–Crippen LogP) is 1.39. The van der Waals surface area contributed by atoms with Crippen LogP contribution < -0.4 is 10.1 Å². The van der Waals surface area contributed by atoms with Crippen molar-refractivity contribution in [1.82, 2.24) is 10.3 Å². The normalized spacial score (nSPS) is 9.73. The number of nitrogens with one attached hydrogen (secondary N) is 1. The molecule has 0 unspecified atom stereocenters. The summed E-state index contributed by atoms with van der Waals surface area (Å²) in [7, 11) is 0. The van der Waals surface area contributed by atoms with Crippen LogP contribution in [0.4, 0.5) is 9.18 Å². The number of ether oxygens (including phenoxy) is 1. The fourth-order valence-electron chi connectivity index (χ4n) is 0.982. The van der Waals surface area contributed by atoms with Crippen LogP contribution in [0.1, 0.15) is 12.5 Å². The highest BCUT2D eigenvalue weighted by atomic mass is 19.1. The van der Waals surface area contributed by atoms with E-state index in [2.05, 4.69) is 10.3 Å². The van der Waals surface area contributed by atoms with Crippen molar-refractivity contribution < 1.29 is 19.0 Å². The van der Waals surface area contributed by atoms with Crippen molar-refractivity contribution in [2.24, 2.45) is 0 Å². The molecule has 0 saturated heterocycles. The molecule has 0 saturated carbocycles. The maximum atomic E-state index is 13.2. The summed E-state index contributed by atoms with van der Waals surface area (Å²) in [6, 6.07) is 1.19. The number of carbonyl (C=O) groups is 1. The third-order valence-corrected chi connectivity index (χ3v) is 1.59. The molecule has 1 amide bonds. The first-order valence-corrected chi connectivity index (χ1v) is 4.37. The molecule has 0 aliphatic rings. The van der Waals surface area contributed by atoms with Gasteiger partial charge in [-0.15, -0.1) is 0 Å². The van der Waals surface area contributed by atoms with E-state index in [0.717, 1.165) is 0 Å². The monoisotopic (exact) mass is 214 g/mol. The lowest BCUT2D eigenvalue weighted by molar-refractivity contribution is 0.194. The molecule has 0 bridgehead atoms. The third-order valence-electron chi connectivity index (χ3n) is 1.59. The highest BCUT2D eigenvalue weighted by Gasteiger charge is 2.06. The van der Waals surface area contributed by atoms with Crippen LogP contribution in [0.3, 0.4) is 0 Å². The smallest absolute Gasteiger partial charge is 0.404 e.